The van der Waals surface area contributed by atoms with Gasteiger partial charge in [0.05, 0.1) is 18.3 Å². The SMILES string of the molecule is COc1c(C(=O)O)c(=O)c2cc(F)c(N3CCNCC3C)cc2n1C1CC1. The number of methoxy groups -OCH3 is 1. The lowest BCUT2D eigenvalue weighted by molar-refractivity contribution is 0.0690. The van der Waals surface area contributed by atoms with Gasteiger partial charge in [-0.2, -0.15) is 0 Å². The number of ether oxygens (including phenoxy) is 1. The zero-order valence-electron chi connectivity index (χ0n) is 15.3. The summed E-state index contributed by atoms with van der Waals surface area (Å²) in [4.78, 5) is 26.4. The molecule has 2 N–H and O–H groups in total. The minimum Gasteiger partial charge on any atom is -0.481 e. The first-order chi connectivity index (χ1) is 12.9. The number of piperazine rings is 1. The predicted molar refractivity (Wildman–Crippen MR) is 99.6 cm³/mol. The Morgan fingerprint density at radius 1 is 1.37 bits per heavy atom. The fourth-order valence-corrected chi connectivity index (χ4v) is 3.90. The van der Waals surface area contributed by atoms with Gasteiger partial charge in [-0.25, -0.2) is 9.18 Å². The molecule has 8 heteroatoms. The fourth-order valence-electron chi connectivity index (χ4n) is 3.90. The van der Waals surface area contributed by atoms with E-state index in [4.69, 9.17) is 4.74 Å². The molecule has 0 amide bonds. The van der Waals surface area contributed by atoms with Gasteiger partial charge in [0.25, 0.3) is 0 Å². The van der Waals surface area contributed by atoms with Gasteiger partial charge in [0, 0.05) is 37.1 Å². The average Bonchev–Trinajstić information content (AvgIpc) is 3.46. The molecule has 1 atom stereocenters. The molecule has 0 bridgehead atoms. The third kappa shape index (κ3) is 2.84. The van der Waals surface area contributed by atoms with Crippen molar-refractivity contribution in [1.29, 1.82) is 0 Å². The molecule has 1 aromatic heterocycles. The summed E-state index contributed by atoms with van der Waals surface area (Å²) in [6.07, 6.45) is 1.73. The Kier molecular flexibility index (Phi) is 4.30. The third-order valence-corrected chi connectivity index (χ3v) is 5.36. The molecule has 1 saturated heterocycles. The molecule has 1 aliphatic heterocycles. The van der Waals surface area contributed by atoms with Gasteiger partial charge in [0.2, 0.25) is 11.3 Å². The minimum atomic E-state index is -1.37. The lowest BCUT2D eigenvalue weighted by Crippen LogP contribution is -2.50. The van der Waals surface area contributed by atoms with Crippen molar-refractivity contribution in [2.45, 2.75) is 31.8 Å². The van der Waals surface area contributed by atoms with E-state index in [1.54, 1.807) is 10.6 Å². The van der Waals surface area contributed by atoms with Crippen molar-refractivity contribution in [3.63, 3.8) is 0 Å². The van der Waals surface area contributed by atoms with E-state index in [0.717, 1.165) is 25.9 Å². The molecule has 1 unspecified atom stereocenters. The zero-order valence-corrected chi connectivity index (χ0v) is 15.3. The monoisotopic (exact) mass is 375 g/mol. The molecule has 144 valence electrons. The van der Waals surface area contributed by atoms with Crippen LogP contribution in [0.25, 0.3) is 10.9 Å². The first kappa shape index (κ1) is 17.8. The molecule has 0 spiro atoms. The quantitative estimate of drug-likeness (QED) is 0.850. The highest BCUT2D eigenvalue weighted by Crippen LogP contribution is 2.42. The second kappa shape index (κ2) is 6.53. The maximum absolute atomic E-state index is 14.9. The van der Waals surface area contributed by atoms with Crippen LogP contribution in [0.5, 0.6) is 5.88 Å². The summed E-state index contributed by atoms with van der Waals surface area (Å²) in [6.45, 7) is 4.16. The van der Waals surface area contributed by atoms with Crippen molar-refractivity contribution in [3.05, 3.63) is 33.7 Å². The number of aromatic nitrogens is 1. The van der Waals surface area contributed by atoms with E-state index < -0.39 is 22.8 Å². The number of aromatic carboxylic acids is 1. The number of nitrogens with zero attached hydrogens (tertiary/aromatic N) is 2. The first-order valence-electron chi connectivity index (χ1n) is 9.10. The van der Waals surface area contributed by atoms with E-state index >= 15 is 0 Å². The zero-order chi connectivity index (χ0) is 19.3. The molecule has 2 aromatic rings. The van der Waals surface area contributed by atoms with Gasteiger partial charge < -0.3 is 24.6 Å². The van der Waals surface area contributed by atoms with Crippen molar-refractivity contribution in [3.8, 4) is 5.88 Å². The van der Waals surface area contributed by atoms with E-state index in [9.17, 15) is 19.1 Å². The molecule has 7 nitrogen and oxygen atoms in total. The van der Waals surface area contributed by atoms with E-state index in [2.05, 4.69) is 5.32 Å². The van der Waals surface area contributed by atoms with Crippen LogP contribution in [0.4, 0.5) is 10.1 Å². The summed E-state index contributed by atoms with van der Waals surface area (Å²) < 4.78 is 22.0. The van der Waals surface area contributed by atoms with Gasteiger partial charge in [-0.3, -0.25) is 4.79 Å². The topological polar surface area (TPSA) is 83.8 Å². The summed E-state index contributed by atoms with van der Waals surface area (Å²) in [7, 11) is 1.36. The lowest BCUT2D eigenvalue weighted by Gasteiger charge is -2.36. The van der Waals surface area contributed by atoms with Crippen LogP contribution in [-0.2, 0) is 0 Å². The maximum Gasteiger partial charge on any atom is 0.345 e. The number of carboxylic acid groups (broad SMARTS) is 1. The van der Waals surface area contributed by atoms with Gasteiger partial charge >= 0.3 is 5.97 Å². The molecule has 1 saturated carbocycles. The van der Waals surface area contributed by atoms with Crippen molar-refractivity contribution < 1.29 is 19.0 Å². The molecule has 2 fully saturated rings. The molecule has 0 radical (unpaired) electrons. The largest absolute Gasteiger partial charge is 0.481 e. The molecule has 1 aromatic carbocycles. The van der Waals surface area contributed by atoms with Crippen LogP contribution in [-0.4, -0.2) is 48.4 Å². The molecular formula is C19H22FN3O4. The van der Waals surface area contributed by atoms with Gasteiger partial charge in [-0.15, -0.1) is 0 Å². The van der Waals surface area contributed by atoms with E-state index in [1.807, 2.05) is 11.8 Å². The Balaban J connectivity index is 2.03. The van der Waals surface area contributed by atoms with Crippen LogP contribution in [0.2, 0.25) is 0 Å². The molecule has 2 aliphatic rings. The minimum absolute atomic E-state index is 0.0356. The number of rotatable bonds is 4. The lowest BCUT2D eigenvalue weighted by atomic mass is 10.1. The number of benzene rings is 1. The Bertz CT molecular complexity index is 983. The number of carboxylic acids is 1. The number of hydrogen-bond donors (Lipinski definition) is 2. The summed E-state index contributed by atoms with van der Waals surface area (Å²) in [6, 6.07) is 3.00. The second-order valence-corrected chi connectivity index (χ2v) is 7.19. The molecule has 4 rings (SSSR count). The maximum atomic E-state index is 14.9. The van der Waals surface area contributed by atoms with Crippen molar-refractivity contribution >= 4 is 22.6 Å². The number of hydrogen-bond acceptors (Lipinski definition) is 5. The normalized spacial score (nSPS) is 20.1. The Morgan fingerprint density at radius 2 is 2.11 bits per heavy atom. The number of pyridine rings is 1. The van der Waals surface area contributed by atoms with Crippen LogP contribution in [0, 0.1) is 5.82 Å². The highest BCUT2D eigenvalue weighted by atomic mass is 19.1. The third-order valence-electron chi connectivity index (χ3n) is 5.36. The summed E-state index contributed by atoms with van der Waals surface area (Å²) in [5.74, 6) is -1.85. The van der Waals surface area contributed by atoms with Crippen molar-refractivity contribution in [1.82, 2.24) is 9.88 Å². The summed E-state index contributed by atoms with van der Waals surface area (Å²) in [5, 5.41) is 12.9. The van der Waals surface area contributed by atoms with Gasteiger partial charge in [0.1, 0.15) is 5.82 Å². The van der Waals surface area contributed by atoms with Crippen LogP contribution in [0.15, 0.2) is 16.9 Å². The summed E-state index contributed by atoms with van der Waals surface area (Å²) >= 11 is 0. The molecule has 2 heterocycles. The molecule has 1 aliphatic carbocycles. The highest BCUT2D eigenvalue weighted by molar-refractivity contribution is 5.96. The number of anilines is 1. The van der Waals surface area contributed by atoms with Gasteiger partial charge in [-0.05, 0) is 31.9 Å². The predicted octanol–water partition coefficient (Wildman–Crippen LogP) is 1.98. The van der Waals surface area contributed by atoms with Crippen LogP contribution in [0.3, 0.4) is 0 Å². The number of fused-ring (bicyclic) bond motifs is 1. The molecule has 27 heavy (non-hydrogen) atoms. The smallest absolute Gasteiger partial charge is 0.345 e. The number of carbonyl (C=O) groups is 1. The second-order valence-electron chi connectivity index (χ2n) is 7.19. The average molecular weight is 375 g/mol. The first-order valence-corrected chi connectivity index (χ1v) is 9.10. The Labute approximate surface area is 155 Å². The van der Waals surface area contributed by atoms with Crippen LogP contribution in [0.1, 0.15) is 36.2 Å². The van der Waals surface area contributed by atoms with E-state index in [-0.39, 0.29) is 23.3 Å². The van der Waals surface area contributed by atoms with Gasteiger partial charge in [0.15, 0.2) is 5.56 Å². The Hall–Kier alpha value is -2.61. The Morgan fingerprint density at radius 3 is 2.70 bits per heavy atom. The summed E-state index contributed by atoms with van der Waals surface area (Å²) in [5.41, 5.74) is -0.216. The standard InChI is InChI=1S/C19H22FN3O4/c1-10-9-21-5-6-22(10)15-8-14-12(7-13(15)20)17(24)16(19(25)26)18(27-2)23(14)11-3-4-11/h7-8,10-11,21H,3-6,9H2,1-2H3,(H,25,26). The fraction of sp³-hybridized carbons (Fsp3) is 0.474. The van der Waals surface area contributed by atoms with E-state index in [0.29, 0.717) is 17.7 Å². The number of halogens is 1. The van der Waals surface area contributed by atoms with Crippen LogP contribution >= 0.6 is 0 Å². The van der Waals surface area contributed by atoms with Crippen LogP contribution < -0.4 is 20.4 Å². The van der Waals surface area contributed by atoms with E-state index in [1.165, 1.54) is 13.2 Å². The molecular weight excluding hydrogens is 353 g/mol. The van der Waals surface area contributed by atoms with Crippen molar-refractivity contribution in [2.75, 3.05) is 31.6 Å². The van der Waals surface area contributed by atoms with Crippen molar-refractivity contribution in [2.24, 2.45) is 0 Å². The number of nitrogens with one attached hydrogen (secondary N) is 1. The van der Waals surface area contributed by atoms with Gasteiger partial charge in [-0.1, -0.05) is 0 Å². The highest BCUT2D eigenvalue weighted by Gasteiger charge is 2.33.